The monoisotopic (exact) mass is 259 g/mol. The summed E-state index contributed by atoms with van der Waals surface area (Å²) < 4.78 is 0. The molecule has 2 amide bonds. The minimum atomic E-state index is 0.0156. The Hall–Kier alpha value is -1.55. The number of carbonyl (C=O) groups excluding carboxylic acids is 1. The molecule has 0 spiro atoms. The third kappa shape index (κ3) is 2.32. The topological polar surface area (TPSA) is 35.6 Å². The highest BCUT2D eigenvalue weighted by Gasteiger charge is 2.34. The summed E-state index contributed by atoms with van der Waals surface area (Å²) in [5.74, 6) is 0.689. The van der Waals surface area contributed by atoms with Gasteiger partial charge < -0.3 is 5.32 Å². The number of piperidine rings is 1. The van der Waals surface area contributed by atoms with Gasteiger partial charge in [0.1, 0.15) is 0 Å². The van der Waals surface area contributed by atoms with Gasteiger partial charge in [0.15, 0.2) is 0 Å². The molecular formula is C15H21N3O. The summed E-state index contributed by atoms with van der Waals surface area (Å²) in [6.07, 6.45) is 2.46. The molecule has 3 aliphatic heterocycles. The molecule has 0 aliphatic carbocycles. The van der Waals surface area contributed by atoms with Gasteiger partial charge in [0.2, 0.25) is 0 Å². The van der Waals surface area contributed by atoms with E-state index >= 15 is 0 Å². The third-order valence-electron chi connectivity index (χ3n) is 4.31. The fourth-order valence-corrected chi connectivity index (χ4v) is 3.10. The van der Waals surface area contributed by atoms with Gasteiger partial charge in [-0.25, -0.2) is 9.80 Å². The van der Waals surface area contributed by atoms with Crippen LogP contribution in [0.3, 0.4) is 0 Å². The molecule has 1 N–H and O–H groups in total. The maximum Gasteiger partial charge on any atom is 0.336 e. The smallest absolute Gasteiger partial charge is 0.306 e. The van der Waals surface area contributed by atoms with E-state index in [1.807, 2.05) is 37.1 Å². The Labute approximate surface area is 114 Å². The highest BCUT2D eigenvalue weighted by molar-refractivity contribution is 5.90. The molecular weight excluding hydrogens is 238 g/mol. The second kappa shape index (κ2) is 4.85. The minimum Gasteiger partial charge on any atom is -0.306 e. The first kappa shape index (κ1) is 12.5. The van der Waals surface area contributed by atoms with Crippen LogP contribution in [-0.2, 0) is 0 Å². The Morgan fingerprint density at radius 2 is 1.84 bits per heavy atom. The molecule has 3 saturated heterocycles. The second-order valence-electron chi connectivity index (χ2n) is 5.68. The molecule has 0 saturated carbocycles. The molecule has 4 nitrogen and oxygen atoms in total. The van der Waals surface area contributed by atoms with Crippen molar-refractivity contribution in [2.75, 3.05) is 25.0 Å². The van der Waals surface area contributed by atoms with E-state index in [-0.39, 0.29) is 6.03 Å². The number of hydrogen-bond donors (Lipinski definition) is 1. The molecule has 0 atom stereocenters. The molecule has 1 aromatic rings. The largest absolute Gasteiger partial charge is 0.336 e. The number of rotatable bonds is 1. The van der Waals surface area contributed by atoms with E-state index < -0.39 is 0 Å². The first-order valence-corrected chi connectivity index (χ1v) is 7.05. The Morgan fingerprint density at radius 3 is 2.37 bits per heavy atom. The van der Waals surface area contributed by atoms with Crippen molar-refractivity contribution in [2.24, 2.45) is 5.92 Å². The van der Waals surface area contributed by atoms with Gasteiger partial charge in [-0.1, -0.05) is 18.2 Å². The van der Waals surface area contributed by atoms with Crippen LogP contribution in [0.1, 0.15) is 24.0 Å². The van der Waals surface area contributed by atoms with Crippen LogP contribution >= 0.6 is 0 Å². The van der Waals surface area contributed by atoms with Crippen LogP contribution in [0, 0.1) is 19.8 Å². The van der Waals surface area contributed by atoms with Gasteiger partial charge in [-0.15, -0.1) is 0 Å². The minimum absolute atomic E-state index is 0.0156. The summed E-state index contributed by atoms with van der Waals surface area (Å²) in [5, 5.41) is 7.15. The molecule has 4 heteroatoms. The fourth-order valence-electron chi connectivity index (χ4n) is 3.10. The van der Waals surface area contributed by atoms with E-state index in [1.54, 1.807) is 0 Å². The van der Waals surface area contributed by atoms with Gasteiger partial charge in [-0.3, -0.25) is 5.01 Å². The fraction of sp³-hybridized carbons (Fsp3) is 0.533. The highest BCUT2D eigenvalue weighted by Crippen LogP contribution is 2.28. The summed E-state index contributed by atoms with van der Waals surface area (Å²) in [6.45, 7) is 6.98. The number of nitrogens with one attached hydrogen (secondary N) is 1. The lowest BCUT2D eigenvalue weighted by Crippen LogP contribution is -2.58. The standard InChI is InChI=1S/C15H21N3O/c1-11-4-3-5-12(2)14(11)16-15(19)18-10-13-6-8-17(18)9-7-13/h3-5,13H,6-10H2,1-2H3,(H,16,19). The highest BCUT2D eigenvalue weighted by atomic mass is 16.2. The van der Waals surface area contributed by atoms with Gasteiger partial charge in [-0.05, 0) is 43.7 Å². The number of anilines is 1. The number of fused-ring (bicyclic) bond motifs is 3. The Balaban J connectivity index is 1.75. The first-order chi connectivity index (χ1) is 9.15. The third-order valence-corrected chi connectivity index (χ3v) is 4.31. The number of aryl methyl sites for hydroxylation is 2. The zero-order valence-electron chi connectivity index (χ0n) is 11.6. The van der Waals surface area contributed by atoms with Crippen LogP contribution in [0.15, 0.2) is 18.2 Å². The molecule has 19 heavy (non-hydrogen) atoms. The van der Waals surface area contributed by atoms with Crippen molar-refractivity contribution >= 4 is 11.7 Å². The molecule has 2 bridgehead atoms. The first-order valence-electron chi connectivity index (χ1n) is 7.05. The normalized spacial score (nSPS) is 25.5. The number of nitrogens with zero attached hydrogens (tertiary/aromatic N) is 2. The molecule has 3 fully saturated rings. The number of carbonyl (C=O) groups is 1. The molecule has 0 unspecified atom stereocenters. The van der Waals surface area contributed by atoms with Crippen molar-refractivity contribution < 1.29 is 4.79 Å². The van der Waals surface area contributed by atoms with E-state index in [4.69, 9.17) is 0 Å². The van der Waals surface area contributed by atoms with Crippen LogP contribution in [-0.4, -0.2) is 35.7 Å². The van der Waals surface area contributed by atoms with Crippen LogP contribution in [0.2, 0.25) is 0 Å². The van der Waals surface area contributed by atoms with Gasteiger partial charge >= 0.3 is 6.03 Å². The van der Waals surface area contributed by atoms with Crippen LogP contribution in [0.5, 0.6) is 0 Å². The molecule has 0 aromatic heterocycles. The van der Waals surface area contributed by atoms with E-state index in [1.165, 1.54) is 12.8 Å². The SMILES string of the molecule is Cc1cccc(C)c1NC(=O)N1CC2CCN1CC2. The van der Waals surface area contributed by atoms with Crippen molar-refractivity contribution in [1.82, 2.24) is 10.0 Å². The van der Waals surface area contributed by atoms with E-state index in [9.17, 15) is 4.79 Å². The molecule has 4 rings (SSSR count). The number of hydrazine groups is 1. The van der Waals surface area contributed by atoms with Crippen LogP contribution < -0.4 is 5.32 Å². The van der Waals surface area contributed by atoms with Gasteiger partial charge in [0.25, 0.3) is 0 Å². The van der Waals surface area contributed by atoms with Crippen molar-refractivity contribution in [1.29, 1.82) is 0 Å². The van der Waals surface area contributed by atoms with Gasteiger partial charge in [-0.2, -0.15) is 0 Å². The van der Waals surface area contributed by atoms with E-state index in [0.717, 1.165) is 36.4 Å². The summed E-state index contributed by atoms with van der Waals surface area (Å²) in [5.41, 5.74) is 3.19. The second-order valence-corrected chi connectivity index (χ2v) is 5.68. The average molecular weight is 259 g/mol. The molecule has 102 valence electrons. The number of benzene rings is 1. The lowest BCUT2D eigenvalue weighted by molar-refractivity contribution is -0.0698. The zero-order chi connectivity index (χ0) is 13.4. The Morgan fingerprint density at radius 1 is 1.21 bits per heavy atom. The predicted octanol–water partition coefficient (Wildman–Crippen LogP) is 2.78. The van der Waals surface area contributed by atoms with Crippen LogP contribution in [0.4, 0.5) is 10.5 Å². The number of urea groups is 1. The molecule has 1 aromatic carbocycles. The maximum atomic E-state index is 12.4. The number of hydrogen-bond acceptors (Lipinski definition) is 2. The number of amides is 2. The van der Waals surface area contributed by atoms with Crippen molar-refractivity contribution in [2.45, 2.75) is 26.7 Å². The van der Waals surface area contributed by atoms with Crippen molar-refractivity contribution in [3.63, 3.8) is 0 Å². The predicted molar refractivity (Wildman–Crippen MR) is 75.9 cm³/mol. The Bertz CT molecular complexity index is 472. The quantitative estimate of drug-likeness (QED) is 0.841. The van der Waals surface area contributed by atoms with Crippen LogP contribution in [0.25, 0.3) is 0 Å². The molecule has 3 aliphatic rings. The van der Waals surface area contributed by atoms with Gasteiger partial charge in [0.05, 0.1) is 0 Å². The number of para-hydroxylation sites is 1. The summed E-state index contributed by atoms with van der Waals surface area (Å²) in [6, 6.07) is 6.10. The lowest BCUT2D eigenvalue weighted by Gasteiger charge is -2.47. The van der Waals surface area contributed by atoms with Gasteiger partial charge in [0, 0.05) is 25.3 Å². The van der Waals surface area contributed by atoms with E-state index in [2.05, 4.69) is 10.3 Å². The lowest BCUT2D eigenvalue weighted by atomic mass is 9.94. The van der Waals surface area contributed by atoms with Crippen molar-refractivity contribution in [3.8, 4) is 0 Å². The average Bonchev–Trinajstić information content (AvgIpc) is 2.44. The summed E-state index contributed by atoms with van der Waals surface area (Å²) in [7, 11) is 0. The maximum absolute atomic E-state index is 12.4. The summed E-state index contributed by atoms with van der Waals surface area (Å²) in [4.78, 5) is 12.4. The summed E-state index contributed by atoms with van der Waals surface area (Å²) >= 11 is 0. The Kier molecular flexibility index (Phi) is 3.19. The van der Waals surface area contributed by atoms with Crippen molar-refractivity contribution in [3.05, 3.63) is 29.3 Å². The zero-order valence-corrected chi connectivity index (χ0v) is 11.6. The molecule has 0 radical (unpaired) electrons. The molecule has 3 heterocycles. The van der Waals surface area contributed by atoms with E-state index in [0.29, 0.717) is 5.92 Å².